The number of aliphatic hydroxyl groups excluding tert-OH is 2. The maximum Gasteiger partial charge on any atom is 0.326 e. The molecule has 0 spiro atoms. The molecule has 45 heavy (non-hydrogen) atoms. The van der Waals surface area contributed by atoms with Crippen LogP contribution in [0.15, 0.2) is 59.1 Å². The van der Waals surface area contributed by atoms with E-state index in [2.05, 4.69) is 10.6 Å². The zero-order valence-electron chi connectivity index (χ0n) is 24.9. The van der Waals surface area contributed by atoms with E-state index in [9.17, 15) is 44.4 Å². The fourth-order valence-electron chi connectivity index (χ4n) is 6.71. The van der Waals surface area contributed by atoms with Gasteiger partial charge in [0.15, 0.2) is 17.1 Å². The molecule has 0 saturated carbocycles. The van der Waals surface area contributed by atoms with Crippen LogP contribution in [-0.4, -0.2) is 94.6 Å². The highest BCUT2D eigenvalue weighted by Gasteiger charge is 2.63. The van der Waals surface area contributed by atoms with Gasteiger partial charge in [-0.25, -0.2) is 4.79 Å². The number of nitrogens with one attached hydrogen (secondary N) is 2. The van der Waals surface area contributed by atoms with Crippen LogP contribution in [0.2, 0.25) is 0 Å². The molecule has 0 aromatic heterocycles. The van der Waals surface area contributed by atoms with Crippen molar-refractivity contribution >= 4 is 40.8 Å². The second-order valence-corrected chi connectivity index (χ2v) is 11.8. The number of hydrogen-bond donors (Lipinski definition) is 7. The number of rotatable bonds is 5. The van der Waals surface area contributed by atoms with Gasteiger partial charge in [-0.2, -0.15) is 0 Å². The Kier molecular flexibility index (Phi) is 7.67. The van der Waals surface area contributed by atoms with Crippen molar-refractivity contribution in [3.63, 3.8) is 0 Å². The third-order valence-corrected chi connectivity index (χ3v) is 8.69. The van der Waals surface area contributed by atoms with E-state index in [0.29, 0.717) is 11.3 Å². The molecule has 0 unspecified atom stereocenters. The number of carbonyl (C=O) groups is 5. The monoisotopic (exact) mass is 619 g/mol. The number of primary amides is 1. The Morgan fingerprint density at radius 1 is 1.02 bits per heavy atom. The number of amides is 4. The Balaban J connectivity index is 1.60. The van der Waals surface area contributed by atoms with Gasteiger partial charge in [0.25, 0.3) is 11.8 Å². The minimum absolute atomic E-state index is 0.0641. The van der Waals surface area contributed by atoms with Gasteiger partial charge in [0.2, 0.25) is 5.78 Å². The number of allylic oxidation sites excluding steroid dienone is 1. The normalized spacial score (nSPS) is 24.1. The third kappa shape index (κ3) is 4.78. The number of anilines is 2. The first-order chi connectivity index (χ1) is 21.1. The molecular weight excluding hydrogens is 586 g/mol. The number of hydrogen-bond acceptors (Lipinski definition) is 11. The predicted octanol–water partition coefficient (Wildman–Crippen LogP) is 1.15. The van der Waals surface area contributed by atoms with Crippen LogP contribution in [-0.2, 0) is 16.0 Å². The summed E-state index contributed by atoms with van der Waals surface area (Å²) < 4.78 is 0. The molecule has 4 atom stereocenters. The van der Waals surface area contributed by atoms with Gasteiger partial charge < -0.3 is 36.4 Å². The van der Waals surface area contributed by atoms with Gasteiger partial charge >= 0.3 is 6.03 Å². The molecule has 2 aromatic carbocycles. The summed E-state index contributed by atoms with van der Waals surface area (Å²) in [6.45, 7) is 0. The molecule has 236 valence electrons. The molecule has 5 rings (SSSR count). The van der Waals surface area contributed by atoms with E-state index in [4.69, 9.17) is 5.73 Å². The van der Waals surface area contributed by atoms with Crippen LogP contribution >= 0.6 is 0 Å². The maximum atomic E-state index is 14.1. The fourth-order valence-corrected chi connectivity index (χ4v) is 6.71. The molecular formula is C31H33N5O9. The molecule has 3 aliphatic carbocycles. The molecule has 8 N–H and O–H groups in total. The SMILES string of the molecule is CN(C)c1cc(NC(=O)NC(=O)c2ccccc2)c(O)c2c1C[C@H]1C[C@H]3[C@@H](N(C)C)C(O)=C(C(N)=O)C(=O)[C@]3(O)C(O)=C1C2=O. The van der Waals surface area contributed by atoms with Crippen LogP contribution in [0, 0.1) is 11.8 Å². The van der Waals surface area contributed by atoms with Gasteiger partial charge in [-0.05, 0) is 56.6 Å². The first kappa shape index (κ1) is 31.2. The molecule has 3 aliphatic rings. The second kappa shape index (κ2) is 11.1. The average molecular weight is 620 g/mol. The number of aromatic hydroxyl groups is 1. The number of phenols is 1. The van der Waals surface area contributed by atoms with Crippen LogP contribution in [0.4, 0.5) is 16.2 Å². The Bertz CT molecular complexity index is 1730. The standard InChI is InChI=1S/C31H33N5O9/c1-35(2)18-12-17(33-30(44)34-29(43)13-8-6-5-7-9-13)23(37)20-15(18)10-14-11-16-22(36(3)4)25(39)21(28(32)42)27(41)31(16,45)26(40)19(14)24(20)38/h5-9,12,14,16,22,37,39-40,45H,10-11H2,1-4H3,(H2,32,42)(H2,33,34,43,44)/t14-,16-,22+,31+/m0/s1. The first-order valence-corrected chi connectivity index (χ1v) is 14.0. The highest BCUT2D eigenvalue weighted by atomic mass is 16.3. The van der Waals surface area contributed by atoms with E-state index in [-0.39, 0.29) is 35.2 Å². The maximum absolute atomic E-state index is 14.1. The lowest BCUT2D eigenvalue weighted by Gasteiger charge is -2.50. The number of ketones is 2. The predicted molar refractivity (Wildman–Crippen MR) is 161 cm³/mol. The third-order valence-electron chi connectivity index (χ3n) is 8.69. The van der Waals surface area contributed by atoms with Gasteiger partial charge in [0.05, 0.1) is 17.3 Å². The van der Waals surface area contributed by atoms with E-state index in [1.165, 1.54) is 23.1 Å². The van der Waals surface area contributed by atoms with Crippen molar-refractivity contribution in [1.29, 1.82) is 0 Å². The van der Waals surface area contributed by atoms with Crippen molar-refractivity contribution in [2.75, 3.05) is 38.4 Å². The van der Waals surface area contributed by atoms with Crippen LogP contribution < -0.4 is 21.3 Å². The second-order valence-electron chi connectivity index (χ2n) is 11.8. The number of nitrogens with zero attached hydrogens (tertiary/aromatic N) is 2. The summed E-state index contributed by atoms with van der Waals surface area (Å²) in [7, 11) is 6.46. The molecule has 14 nitrogen and oxygen atoms in total. The zero-order valence-corrected chi connectivity index (χ0v) is 24.9. The molecule has 0 bridgehead atoms. The van der Waals surface area contributed by atoms with Crippen LogP contribution in [0.1, 0.15) is 32.7 Å². The lowest BCUT2D eigenvalue weighted by molar-refractivity contribution is -0.148. The van der Waals surface area contributed by atoms with Crippen molar-refractivity contribution in [3.05, 3.63) is 75.8 Å². The van der Waals surface area contributed by atoms with E-state index in [0.717, 1.165) is 0 Å². The van der Waals surface area contributed by atoms with Crippen molar-refractivity contribution in [1.82, 2.24) is 10.2 Å². The molecule has 0 fully saturated rings. The fraction of sp³-hybridized carbons (Fsp3) is 0.323. The van der Waals surface area contributed by atoms with Crippen molar-refractivity contribution in [2.24, 2.45) is 17.6 Å². The minimum atomic E-state index is -2.78. The summed E-state index contributed by atoms with van der Waals surface area (Å²) in [5.74, 6) is -8.52. The minimum Gasteiger partial charge on any atom is -0.510 e. The summed E-state index contributed by atoms with van der Waals surface area (Å²) in [4.78, 5) is 68.1. The van der Waals surface area contributed by atoms with Crippen molar-refractivity contribution < 1.29 is 44.4 Å². The molecule has 14 heteroatoms. The summed E-state index contributed by atoms with van der Waals surface area (Å²) in [5.41, 5.74) is 1.87. The van der Waals surface area contributed by atoms with Crippen LogP contribution in [0.3, 0.4) is 0 Å². The quantitative estimate of drug-likeness (QED) is 0.186. The van der Waals surface area contributed by atoms with Gasteiger partial charge in [0.1, 0.15) is 17.1 Å². The van der Waals surface area contributed by atoms with Gasteiger partial charge in [-0.3, -0.25) is 29.4 Å². The van der Waals surface area contributed by atoms with Gasteiger partial charge in [-0.15, -0.1) is 0 Å². The molecule has 4 amide bonds. The number of benzene rings is 2. The van der Waals surface area contributed by atoms with E-state index in [1.807, 2.05) is 0 Å². The Morgan fingerprint density at radius 2 is 1.67 bits per heavy atom. The Hall–Kier alpha value is -5.21. The van der Waals surface area contributed by atoms with E-state index < -0.39 is 75.7 Å². The highest BCUT2D eigenvalue weighted by molar-refractivity contribution is 6.25. The van der Waals surface area contributed by atoms with E-state index in [1.54, 1.807) is 51.3 Å². The molecule has 2 aromatic rings. The number of imide groups is 1. The zero-order chi connectivity index (χ0) is 33.1. The lowest BCUT2D eigenvalue weighted by Crippen LogP contribution is -2.63. The van der Waals surface area contributed by atoms with Crippen LogP contribution in [0.5, 0.6) is 5.75 Å². The number of likely N-dealkylation sites (N-methyl/N-ethyl adjacent to an activating group) is 1. The largest absolute Gasteiger partial charge is 0.510 e. The summed E-state index contributed by atoms with van der Waals surface area (Å²) in [6, 6.07) is 7.27. The number of urea groups is 1. The summed E-state index contributed by atoms with van der Waals surface area (Å²) in [6.07, 6.45) is -0.00201. The van der Waals surface area contributed by atoms with Gasteiger partial charge in [-0.1, -0.05) is 18.2 Å². The topological polar surface area (TPSA) is 223 Å². The highest BCUT2D eigenvalue weighted by Crippen LogP contribution is 2.53. The Morgan fingerprint density at radius 3 is 2.24 bits per heavy atom. The number of nitrogens with two attached hydrogens (primary N) is 1. The number of Topliss-reactive ketones (excluding diaryl/α,β-unsaturated/α-hetero) is 2. The first-order valence-electron chi connectivity index (χ1n) is 14.0. The number of aliphatic hydroxyl groups is 3. The smallest absolute Gasteiger partial charge is 0.326 e. The van der Waals surface area contributed by atoms with Crippen molar-refractivity contribution in [2.45, 2.75) is 24.5 Å². The molecule has 0 heterocycles. The lowest BCUT2D eigenvalue weighted by atomic mass is 9.58. The molecule has 0 saturated heterocycles. The van der Waals surface area contributed by atoms with Crippen molar-refractivity contribution in [3.8, 4) is 5.75 Å². The van der Waals surface area contributed by atoms with Crippen LogP contribution in [0.25, 0.3) is 0 Å². The average Bonchev–Trinajstić information content (AvgIpc) is 2.96. The van der Waals surface area contributed by atoms with Gasteiger partial charge in [0, 0.05) is 36.8 Å². The Labute approximate surface area is 257 Å². The molecule has 0 aliphatic heterocycles. The number of carbonyl (C=O) groups excluding carboxylic acids is 5. The summed E-state index contributed by atoms with van der Waals surface area (Å²) in [5, 5.41) is 50.0. The molecule has 0 radical (unpaired) electrons. The summed E-state index contributed by atoms with van der Waals surface area (Å²) >= 11 is 0. The van der Waals surface area contributed by atoms with E-state index >= 15 is 0 Å². The number of fused-ring (bicyclic) bond motifs is 3. The number of phenolic OH excluding ortho intramolecular Hbond substituents is 1.